The molecule has 0 N–H and O–H groups in total. The summed E-state index contributed by atoms with van der Waals surface area (Å²) >= 11 is 0. The van der Waals surface area contributed by atoms with Crippen LogP contribution in [0.2, 0.25) is 0 Å². The third-order valence-corrected chi connectivity index (χ3v) is 7.38. The van der Waals surface area contributed by atoms with Crippen molar-refractivity contribution in [1.29, 1.82) is 0 Å². The van der Waals surface area contributed by atoms with Crippen molar-refractivity contribution in [2.24, 2.45) is 5.92 Å². The molecule has 0 saturated carbocycles. The number of sulfonamides is 1. The Morgan fingerprint density at radius 3 is 2.29 bits per heavy atom. The Kier molecular flexibility index (Phi) is 7.07. The summed E-state index contributed by atoms with van der Waals surface area (Å²) < 4.78 is 43.4. The standard InChI is InChI=1S/C22H28N2O6S/c1-23(17-7-9-18(28-2)10-8-17)22(25)16-6-5-13-24(15-16)31(26,27)19-11-12-20(29-3)21(14-19)30-4/h7-12,14,16H,5-6,13,15H2,1-4H3/t16-/m1/s1. The topological polar surface area (TPSA) is 85.4 Å². The van der Waals surface area contributed by atoms with Crippen LogP contribution in [0.5, 0.6) is 17.2 Å². The Hall–Kier alpha value is -2.78. The molecule has 0 radical (unpaired) electrons. The predicted molar refractivity (Wildman–Crippen MR) is 117 cm³/mol. The van der Waals surface area contributed by atoms with Crippen molar-refractivity contribution in [2.45, 2.75) is 17.7 Å². The number of carbonyl (C=O) groups is 1. The number of carbonyl (C=O) groups excluding carboxylic acids is 1. The van der Waals surface area contributed by atoms with Crippen molar-refractivity contribution in [1.82, 2.24) is 4.31 Å². The van der Waals surface area contributed by atoms with E-state index in [4.69, 9.17) is 14.2 Å². The summed E-state index contributed by atoms with van der Waals surface area (Å²) in [6.07, 6.45) is 1.25. The van der Waals surface area contributed by atoms with Crippen molar-refractivity contribution < 1.29 is 27.4 Å². The molecule has 2 aromatic carbocycles. The lowest BCUT2D eigenvalue weighted by molar-refractivity contribution is -0.123. The van der Waals surface area contributed by atoms with Gasteiger partial charge in [0.2, 0.25) is 15.9 Å². The number of amides is 1. The van der Waals surface area contributed by atoms with Crippen LogP contribution < -0.4 is 19.1 Å². The van der Waals surface area contributed by atoms with Crippen LogP contribution in [0.15, 0.2) is 47.4 Å². The molecule has 0 unspecified atom stereocenters. The molecule has 2 aromatic rings. The third kappa shape index (κ3) is 4.77. The van der Waals surface area contributed by atoms with Crippen LogP contribution in [0.1, 0.15) is 12.8 Å². The van der Waals surface area contributed by atoms with E-state index in [0.717, 1.165) is 5.69 Å². The van der Waals surface area contributed by atoms with Gasteiger partial charge in [-0.3, -0.25) is 4.79 Å². The molecule has 0 aliphatic carbocycles. The molecule has 1 heterocycles. The maximum atomic E-state index is 13.2. The van der Waals surface area contributed by atoms with Gasteiger partial charge in [-0.1, -0.05) is 0 Å². The maximum absolute atomic E-state index is 13.2. The molecule has 0 spiro atoms. The Bertz CT molecular complexity index is 1020. The molecule has 1 aliphatic rings. The Balaban J connectivity index is 1.78. The van der Waals surface area contributed by atoms with Gasteiger partial charge in [-0.15, -0.1) is 0 Å². The highest BCUT2D eigenvalue weighted by Gasteiger charge is 2.35. The first-order valence-corrected chi connectivity index (χ1v) is 11.4. The fraction of sp³-hybridized carbons (Fsp3) is 0.409. The molecule has 3 rings (SSSR count). The molecule has 1 saturated heterocycles. The molecule has 1 aliphatic heterocycles. The smallest absolute Gasteiger partial charge is 0.243 e. The molecule has 0 aromatic heterocycles. The van der Waals surface area contributed by atoms with E-state index in [0.29, 0.717) is 36.6 Å². The van der Waals surface area contributed by atoms with Crippen LogP contribution in [0.4, 0.5) is 5.69 Å². The number of methoxy groups -OCH3 is 3. The molecule has 1 amide bonds. The first-order valence-electron chi connectivity index (χ1n) is 9.95. The second-order valence-electron chi connectivity index (χ2n) is 7.31. The van der Waals surface area contributed by atoms with Gasteiger partial charge in [-0.25, -0.2) is 8.42 Å². The molecule has 168 valence electrons. The van der Waals surface area contributed by atoms with Gasteiger partial charge in [0, 0.05) is 31.9 Å². The zero-order valence-corrected chi connectivity index (χ0v) is 19.0. The average molecular weight is 449 g/mol. The molecule has 9 heteroatoms. The quantitative estimate of drug-likeness (QED) is 0.648. The van der Waals surface area contributed by atoms with Gasteiger partial charge in [-0.2, -0.15) is 4.31 Å². The number of nitrogens with zero attached hydrogens (tertiary/aromatic N) is 2. The number of anilines is 1. The van der Waals surface area contributed by atoms with Gasteiger partial charge >= 0.3 is 0 Å². The molecule has 1 fully saturated rings. The molecule has 31 heavy (non-hydrogen) atoms. The Morgan fingerprint density at radius 1 is 1.00 bits per heavy atom. The van der Waals surface area contributed by atoms with E-state index in [1.807, 2.05) is 0 Å². The zero-order valence-electron chi connectivity index (χ0n) is 18.2. The largest absolute Gasteiger partial charge is 0.497 e. The molecular weight excluding hydrogens is 420 g/mol. The third-order valence-electron chi connectivity index (χ3n) is 5.52. The maximum Gasteiger partial charge on any atom is 0.243 e. The fourth-order valence-corrected chi connectivity index (χ4v) is 5.24. The second-order valence-corrected chi connectivity index (χ2v) is 9.25. The average Bonchev–Trinajstić information content (AvgIpc) is 2.82. The van der Waals surface area contributed by atoms with Gasteiger partial charge in [0.25, 0.3) is 0 Å². The van der Waals surface area contributed by atoms with Crippen molar-refractivity contribution >= 4 is 21.6 Å². The first-order chi connectivity index (χ1) is 14.8. The highest BCUT2D eigenvalue weighted by molar-refractivity contribution is 7.89. The van der Waals surface area contributed by atoms with Gasteiger partial charge in [-0.05, 0) is 49.2 Å². The van der Waals surface area contributed by atoms with E-state index in [9.17, 15) is 13.2 Å². The zero-order chi connectivity index (χ0) is 22.6. The van der Waals surface area contributed by atoms with Crippen LogP contribution >= 0.6 is 0 Å². The summed E-state index contributed by atoms with van der Waals surface area (Å²) in [4.78, 5) is 14.8. The van der Waals surface area contributed by atoms with Crippen LogP contribution in [-0.2, 0) is 14.8 Å². The lowest BCUT2D eigenvalue weighted by atomic mass is 9.98. The van der Waals surface area contributed by atoms with E-state index >= 15 is 0 Å². The van der Waals surface area contributed by atoms with Gasteiger partial charge < -0.3 is 19.1 Å². The minimum atomic E-state index is -3.77. The summed E-state index contributed by atoms with van der Waals surface area (Å²) in [6.45, 7) is 0.503. The van der Waals surface area contributed by atoms with Crippen LogP contribution in [0, 0.1) is 5.92 Å². The highest BCUT2D eigenvalue weighted by Crippen LogP contribution is 2.32. The summed E-state index contributed by atoms with van der Waals surface area (Å²) in [5.41, 5.74) is 0.727. The number of hydrogen-bond donors (Lipinski definition) is 0. The lowest BCUT2D eigenvalue weighted by Gasteiger charge is -2.33. The minimum Gasteiger partial charge on any atom is -0.497 e. The minimum absolute atomic E-state index is 0.113. The van der Waals surface area contributed by atoms with Gasteiger partial charge in [0.05, 0.1) is 32.1 Å². The van der Waals surface area contributed by atoms with E-state index < -0.39 is 15.9 Å². The van der Waals surface area contributed by atoms with Crippen LogP contribution in [0.3, 0.4) is 0 Å². The Labute approximate surface area is 183 Å². The monoisotopic (exact) mass is 448 g/mol. The van der Waals surface area contributed by atoms with Gasteiger partial charge in [0.1, 0.15) is 5.75 Å². The molecule has 8 nitrogen and oxygen atoms in total. The van der Waals surface area contributed by atoms with E-state index in [1.54, 1.807) is 49.4 Å². The summed E-state index contributed by atoms with van der Waals surface area (Å²) in [5.74, 6) is 0.962. The lowest BCUT2D eigenvalue weighted by Crippen LogP contribution is -2.45. The SMILES string of the molecule is COc1ccc(N(C)C(=O)[C@@H]2CCCN(S(=O)(=O)c3ccc(OC)c(OC)c3)C2)cc1. The van der Waals surface area contributed by atoms with E-state index in [1.165, 1.54) is 30.7 Å². The molecular formula is C22H28N2O6S. The van der Waals surface area contributed by atoms with Crippen molar-refractivity contribution in [3.8, 4) is 17.2 Å². The number of ether oxygens (including phenoxy) is 3. The van der Waals surface area contributed by atoms with Crippen molar-refractivity contribution in [2.75, 3.05) is 46.4 Å². The molecule has 1 atom stereocenters. The summed E-state index contributed by atoms with van der Waals surface area (Å²) in [5, 5.41) is 0. The first kappa shape index (κ1) is 22.9. The van der Waals surface area contributed by atoms with E-state index in [2.05, 4.69) is 0 Å². The van der Waals surface area contributed by atoms with Crippen LogP contribution in [-0.4, -0.2) is 60.1 Å². The second kappa shape index (κ2) is 9.57. The van der Waals surface area contributed by atoms with Gasteiger partial charge in [0.15, 0.2) is 11.5 Å². The number of piperidine rings is 1. The summed E-state index contributed by atoms with van der Waals surface area (Å²) in [6, 6.07) is 11.7. The highest BCUT2D eigenvalue weighted by atomic mass is 32.2. The Morgan fingerprint density at radius 2 is 1.68 bits per heavy atom. The van der Waals surface area contributed by atoms with Crippen LogP contribution in [0.25, 0.3) is 0 Å². The number of rotatable bonds is 7. The number of benzene rings is 2. The predicted octanol–water partition coefficient (Wildman–Crippen LogP) is 2.78. The number of hydrogen-bond acceptors (Lipinski definition) is 6. The van der Waals surface area contributed by atoms with E-state index in [-0.39, 0.29) is 17.3 Å². The van der Waals surface area contributed by atoms with Crippen molar-refractivity contribution in [3.63, 3.8) is 0 Å². The fourth-order valence-electron chi connectivity index (χ4n) is 3.70. The molecule has 0 bridgehead atoms. The normalized spacial score (nSPS) is 17.1. The summed E-state index contributed by atoms with van der Waals surface area (Å²) in [7, 11) is 2.46. The van der Waals surface area contributed by atoms with Crippen molar-refractivity contribution in [3.05, 3.63) is 42.5 Å².